The summed E-state index contributed by atoms with van der Waals surface area (Å²) in [5, 5.41) is 0. The molecule has 0 N–H and O–H groups in total. The zero-order valence-corrected chi connectivity index (χ0v) is 67.8. The van der Waals surface area contributed by atoms with Crippen LogP contribution >= 0.6 is 0 Å². The van der Waals surface area contributed by atoms with Gasteiger partial charge in [0.1, 0.15) is 0 Å². The second-order valence-corrected chi connectivity index (χ2v) is 33.8. The molecule has 0 bridgehead atoms. The predicted octanol–water partition coefficient (Wildman–Crippen LogP) is 19.9. The molecule has 24 unspecified atom stereocenters. The molecular formula is C83H158O12. The van der Waals surface area contributed by atoms with Crippen molar-refractivity contribution in [3.05, 3.63) is 0 Å². The third kappa shape index (κ3) is 20.3. The second kappa shape index (κ2) is 38.9. The molecule has 8 aliphatic rings. The molecule has 39 atom stereocenters. The first kappa shape index (κ1) is 85.2. The van der Waals surface area contributed by atoms with E-state index in [-0.39, 0.29) is 60.9 Å². The van der Waals surface area contributed by atoms with Crippen LogP contribution in [0.2, 0.25) is 0 Å². The molecule has 8 fully saturated rings. The van der Waals surface area contributed by atoms with Crippen molar-refractivity contribution in [1.82, 2.24) is 0 Å². The summed E-state index contributed by atoms with van der Waals surface area (Å²) in [5.74, 6) is 12.0. The smallest absolute Gasteiger partial charge is 0.161 e. The lowest BCUT2D eigenvalue weighted by molar-refractivity contribution is -0.299. The summed E-state index contributed by atoms with van der Waals surface area (Å²) in [7, 11) is 0. The summed E-state index contributed by atoms with van der Waals surface area (Å²) in [6.07, 6.45) is 12.1. The molecule has 0 aromatic rings. The standard InChI is InChI=1S/C22H42O3.C21H40O3.2C20H38O3/c1-9-19-15(5)13(3)17(7)21(24-19)11-23-12-22-18(8)14(4)16(6)20(10-2)25-22;1-9-19-14(4)13(3)15(5)20(23-19)11-22-12-21(10-2)17(7)16(6)18(8)24-21;2*1-9-17-13(5)11(3)15(7)20(22-17)23-19-14(6)12(4)16(8)21-18(19)10-2/h13-22H,9-12H2,1-8H3;13-20H,9-12H2,1-8H3;2*11-20H,9-10H2,1-8H3/t13?,14?,15-,16-,17?,18?,19?,20?,21+,22?;13?,14-,15?,16?,17?,18+,19?,20+,21-;11?,12?,13-,14?,15?,16+,17?,18?,19+,20+;11?,12?,13-,14?,15?,16-,17?,18?,19-,20-/m0010/s1. The van der Waals surface area contributed by atoms with Gasteiger partial charge in [0.05, 0.1) is 124 Å². The monoisotopic (exact) mass is 1350 g/mol. The van der Waals surface area contributed by atoms with Crippen molar-refractivity contribution >= 4 is 0 Å². The van der Waals surface area contributed by atoms with E-state index in [0.717, 1.165) is 51.4 Å². The summed E-state index contributed by atoms with van der Waals surface area (Å²) >= 11 is 0. The Morgan fingerprint density at radius 3 is 0.789 bits per heavy atom. The van der Waals surface area contributed by atoms with E-state index in [9.17, 15) is 0 Å². The minimum Gasteiger partial charge on any atom is -0.376 e. The van der Waals surface area contributed by atoms with Crippen LogP contribution in [0, 0.1) is 124 Å². The van der Waals surface area contributed by atoms with Crippen LogP contribution in [0.5, 0.6) is 0 Å². The van der Waals surface area contributed by atoms with Crippen molar-refractivity contribution in [3.8, 4) is 0 Å². The molecule has 0 spiro atoms. The molecular weight excluding hydrogens is 1190 g/mol. The van der Waals surface area contributed by atoms with E-state index in [4.69, 9.17) is 56.8 Å². The third-order valence-corrected chi connectivity index (χ3v) is 29.2. The molecule has 0 saturated carbocycles. The lowest BCUT2D eigenvalue weighted by Crippen LogP contribution is -2.54. The van der Waals surface area contributed by atoms with E-state index in [0.29, 0.717) is 200 Å². The summed E-state index contributed by atoms with van der Waals surface area (Å²) in [4.78, 5) is 0. The van der Waals surface area contributed by atoms with Crippen LogP contribution in [0.25, 0.3) is 0 Å². The van der Waals surface area contributed by atoms with Gasteiger partial charge >= 0.3 is 0 Å². The van der Waals surface area contributed by atoms with Gasteiger partial charge < -0.3 is 56.8 Å². The van der Waals surface area contributed by atoms with Crippen LogP contribution in [0.1, 0.15) is 273 Å². The molecule has 0 aliphatic carbocycles. The van der Waals surface area contributed by atoms with E-state index < -0.39 is 0 Å². The highest BCUT2D eigenvalue weighted by Crippen LogP contribution is 2.46. The maximum atomic E-state index is 6.58. The average molecular weight is 1350 g/mol. The Hall–Kier alpha value is -0.480. The molecule has 8 heterocycles. The van der Waals surface area contributed by atoms with Gasteiger partial charge in [-0.15, -0.1) is 0 Å². The van der Waals surface area contributed by atoms with Crippen molar-refractivity contribution in [2.75, 3.05) is 26.4 Å². The van der Waals surface area contributed by atoms with Crippen molar-refractivity contribution in [2.45, 2.75) is 383 Å². The zero-order chi connectivity index (χ0) is 71.4. The lowest BCUT2D eigenvalue weighted by Gasteiger charge is -2.48. The highest BCUT2D eigenvalue weighted by Gasteiger charge is 2.51. The Balaban J connectivity index is 0.000000229. The van der Waals surface area contributed by atoms with Crippen molar-refractivity contribution in [1.29, 1.82) is 0 Å². The summed E-state index contributed by atoms with van der Waals surface area (Å²) in [6, 6.07) is 0. The molecule has 12 heteroatoms. The number of rotatable bonds is 20. The van der Waals surface area contributed by atoms with Gasteiger partial charge in [-0.1, -0.05) is 201 Å². The minimum atomic E-state index is -0.125. The fraction of sp³-hybridized carbons (Fsp3) is 1.00. The summed E-state index contributed by atoms with van der Waals surface area (Å²) in [6.45, 7) is 75.8. The van der Waals surface area contributed by atoms with Crippen LogP contribution in [0.3, 0.4) is 0 Å². The molecule has 0 aromatic heterocycles. The summed E-state index contributed by atoms with van der Waals surface area (Å²) < 4.78 is 76.2. The van der Waals surface area contributed by atoms with E-state index in [1.54, 1.807) is 0 Å². The van der Waals surface area contributed by atoms with Gasteiger partial charge in [-0.3, -0.25) is 0 Å². The van der Waals surface area contributed by atoms with Crippen molar-refractivity contribution in [2.24, 2.45) is 124 Å². The first-order valence-corrected chi connectivity index (χ1v) is 40.4. The lowest BCUT2D eigenvalue weighted by atomic mass is 9.75. The van der Waals surface area contributed by atoms with Gasteiger partial charge in [-0.25, -0.2) is 0 Å². The van der Waals surface area contributed by atoms with Crippen LogP contribution in [0.15, 0.2) is 0 Å². The van der Waals surface area contributed by atoms with E-state index in [1.807, 2.05) is 0 Å². The molecule has 562 valence electrons. The first-order chi connectivity index (χ1) is 44.7. The molecule has 0 aromatic carbocycles. The maximum Gasteiger partial charge on any atom is 0.161 e. The Morgan fingerprint density at radius 2 is 0.516 bits per heavy atom. The SMILES string of the molecule is CCC1OC(COC[C@H]2OC(CC)[C@@H](C)C(C)C2C)C(C)C(C)[C@@H]1C.CCC1O[C@@H](O[C@@H]2C(CC)O[C@@H](C)C(C)C2C)C(C)C(C)[C@@H]1C.CCC1O[C@@H](O[C@@H]2C(CC)O[C@@H](C)C(C)C2C)C(C)C(C)[C@H]1C.CCC1O[C@H](COC[C@]2(CC)O[C@H](C)C(C)C2C)C(C)C(C)[C@@H]1C. The molecule has 8 saturated heterocycles. The maximum absolute atomic E-state index is 6.58. The Bertz CT molecular complexity index is 2000. The third-order valence-electron chi connectivity index (χ3n) is 29.2. The van der Waals surface area contributed by atoms with Crippen LogP contribution < -0.4 is 0 Å². The van der Waals surface area contributed by atoms with E-state index in [2.05, 4.69) is 222 Å². The topological polar surface area (TPSA) is 111 Å². The molecule has 8 rings (SSSR count). The molecule has 0 radical (unpaired) electrons. The number of hydrogen-bond donors (Lipinski definition) is 0. The first-order valence-electron chi connectivity index (χ1n) is 40.4. The normalized spacial score (nSPS) is 50.3. The fourth-order valence-corrected chi connectivity index (χ4v) is 18.3. The van der Waals surface area contributed by atoms with Crippen molar-refractivity contribution < 1.29 is 56.8 Å². The Morgan fingerprint density at radius 1 is 0.242 bits per heavy atom. The van der Waals surface area contributed by atoms with Crippen molar-refractivity contribution in [3.63, 3.8) is 0 Å². The van der Waals surface area contributed by atoms with Gasteiger partial charge in [0, 0.05) is 11.8 Å². The molecule has 8 aliphatic heterocycles. The molecule has 0 amide bonds. The Labute approximate surface area is 587 Å². The largest absolute Gasteiger partial charge is 0.376 e. The summed E-state index contributed by atoms with van der Waals surface area (Å²) in [5.41, 5.74) is -0.125. The number of ether oxygens (including phenoxy) is 12. The van der Waals surface area contributed by atoms with E-state index >= 15 is 0 Å². The van der Waals surface area contributed by atoms with Gasteiger partial charge in [0.25, 0.3) is 0 Å². The Kier molecular flexibility index (Phi) is 34.8. The van der Waals surface area contributed by atoms with Crippen LogP contribution in [-0.4, -0.2) is 136 Å². The average Bonchev–Trinajstić information content (AvgIpc) is 1.77. The van der Waals surface area contributed by atoms with Gasteiger partial charge in [0.2, 0.25) is 0 Å². The van der Waals surface area contributed by atoms with Crippen LogP contribution in [0.4, 0.5) is 0 Å². The fourth-order valence-electron chi connectivity index (χ4n) is 18.3. The minimum absolute atomic E-state index is 0.100. The number of hydrogen-bond acceptors (Lipinski definition) is 12. The molecule has 95 heavy (non-hydrogen) atoms. The zero-order valence-electron chi connectivity index (χ0n) is 67.8. The highest BCUT2D eigenvalue weighted by atomic mass is 16.7. The van der Waals surface area contributed by atoms with Gasteiger partial charge in [0.15, 0.2) is 12.6 Å². The second-order valence-electron chi connectivity index (χ2n) is 33.8. The quantitative estimate of drug-likeness (QED) is 0.116. The van der Waals surface area contributed by atoms with E-state index in [1.165, 1.54) is 0 Å². The van der Waals surface area contributed by atoms with Gasteiger partial charge in [-0.2, -0.15) is 0 Å². The highest BCUT2D eigenvalue weighted by molar-refractivity contribution is 4.98. The predicted molar refractivity (Wildman–Crippen MR) is 391 cm³/mol. The van der Waals surface area contributed by atoms with Gasteiger partial charge in [-0.05, 0) is 185 Å². The van der Waals surface area contributed by atoms with Crippen LogP contribution in [-0.2, 0) is 56.8 Å². The molecule has 12 nitrogen and oxygen atoms in total.